The van der Waals surface area contributed by atoms with Crippen molar-refractivity contribution in [3.8, 4) is 11.3 Å². The molecule has 0 aliphatic carbocycles. The molecule has 0 radical (unpaired) electrons. The molecule has 128 valence electrons. The summed E-state index contributed by atoms with van der Waals surface area (Å²) in [5.41, 5.74) is 3.00. The van der Waals surface area contributed by atoms with Crippen molar-refractivity contribution >= 4 is 22.4 Å². The van der Waals surface area contributed by atoms with E-state index < -0.39 is 0 Å². The van der Waals surface area contributed by atoms with E-state index in [-0.39, 0.29) is 5.91 Å². The molecule has 6 nitrogen and oxygen atoms in total. The van der Waals surface area contributed by atoms with E-state index in [0.29, 0.717) is 22.9 Å². The third-order valence-corrected chi connectivity index (χ3v) is 4.47. The highest BCUT2D eigenvalue weighted by Crippen LogP contribution is 2.23. The molecule has 26 heavy (non-hydrogen) atoms. The number of rotatable bonds is 5. The Morgan fingerprint density at radius 1 is 1.12 bits per heavy atom. The fraction of sp³-hybridized carbons (Fsp3) is 0.0526. The van der Waals surface area contributed by atoms with Gasteiger partial charge in [-0.2, -0.15) is 5.10 Å². The minimum Gasteiger partial charge on any atom is -0.298 e. The third kappa shape index (κ3) is 3.52. The van der Waals surface area contributed by atoms with E-state index in [9.17, 15) is 4.79 Å². The SMILES string of the molecule is O=C(Nc1nccs1)c1cn(Cc2ccccc2)nc1-c1cccnc1. The molecule has 3 aromatic heterocycles. The zero-order chi connectivity index (χ0) is 17.8. The van der Waals surface area contributed by atoms with Gasteiger partial charge >= 0.3 is 0 Å². The molecule has 1 amide bonds. The molecular weight excluding hydrogens is 346 g/mol. The molecule has 0 saturated carbocycles. The summed E-state index contributed by atoms with van der Waals surface area (Å²) >= 11 is 1.37. The van der Waals surface area contributed by atoms with E-state index in [4.69, 9.17) is 0 Å². The number of nitrogens with one attached hydrogen (secondary N) is 1. The first kappa shape index (κ1) is 16.2. The van der Waals surface area contributed by atoms with E-state index in [2.05, 4.69) is 20.4 Å². The van der Waals surface area contributed by atoms with E-state index >= 15 is 0 Å². The van der Waals surface area contributed by atoms with Crippen LogP contribution in [0.25, 0.3) is 11.3 Å². The average molecular weight is 361 g/mol. The number of thiazole rings is 1. The maximum absolute atomic E-state index is 12.8. The van der Waals surface area contributed by atoms with Gasteiger partial charge in [0.05, 0.1) is 12.1 Å². The summed E-state index contributed by atoms with van der Waals surface area (Å²) in [4.78, 5) is 21.0. The lowest BCUT2D eigenvalue weighted by Crippen LogP contribution is -2.12. The number of aromatic nitrogens is 4. The Morgan fingerprint density at radius 2 is 2.00 bits per heavy atom. The van der Waals surface area contributed by atoms with Crippen LogP contribution in [0.15, 0.2) is 72.6 Å². The maximum atomic E-state index is 12.8. The summed E-state index contributed by atoms with van der Waals surface area (Å²) in [5, 5.41) is 9.82. The highest BCUT2D eigenvalue weighted by Gasteiger charge is 2.19. The van der Waals surface area contributed by atoms with Crippen LogP contribution in [0.3, 0.4) is 0 Å². The number of benzene rings is 1. The van der Waals surface area contributed by atoms with Crippen LogP contribution in [0.2, 0.25) is 0 Å². The molecule has 7 heteroatoms. The molecule has 0 aliphatic heterocycles. The molecule has 4 aromatic rings. The van der Waals surface area contributed by atoms with Gasteiger partial charge in [-0.15, -0.1) is 11.3 Å². The normalized spacial score (nSPS) is 10.6. The van der Waals surface area contributed by atoms with Crippen LogP contribution < -0.4 is 5.32 Å². The molecule has 0 spiro atoms. The molecule has 1 aromatic carbocycles. The third-order valence-electron chi connectivity index (χ3n) is 3.78. The number of carbonyl (C=O) groups is 1. The van der Waals surface area contributed by atoms with Crippen molar-refractivity contribution < 1.29 is 4.79 Å². The number of pyridine rings is 1. The minimum absolute atomic E-state index is 0.238. The van der Waals surface area contributed by atoms with Crippen molar-refractivity contribution in [2.45, 2.75) is 6.54 Å². The molecule has 3 heterocycles. The highest BCUT2D eigenvalue weighted by molar-refractivity contribution is 7.13. The molecule has 0 unspecified atom stereocenters. The van der Waals surface area contributed by atoms with Crippen molar-refractivity contribution in [2.75, 3.05) is 5.32 Å². The van der Waals surface area contributed by atoms with Gasteiger partial charge in [-0.25, -0.2) is 4.98 Å². The van der Waals surface area contributed by atoms with Crippen LogP contribution in [0.4, 0.5) is 5.13 Å². The van der Waals surface area contributed by atoms with Crippen LogP contribution in [-0.4, -0.2) is 25.7 Å². The molecule has 0 aliphatic rings. The average Bonchev–Trinajstić information content (AvgIpc) is 3.33. The predicted molar refractivity (Wildman–Crippen MR) is 101 cm³/mol. The van der Waals surface area contributed by atoms with Crippen molar-refractivity contribution in [3.05, 3.63) is 83.8 Å². The van der Waals surface area contributed by atoms with Gasteiger partial charge in [0, 0.05) is 35.7 Å². The zero-order valence-corrected chi connectivity index (χ0v) is 14.6. The summed E-state index contributed by atoms with van der Waals surface area (Å²) < 4.78 is 1.77. The topological polar surface area (TPSA) is 72.7 Å². The van der Waals surface area contributed by atoms with Gasteiger partial charge in [0.15, 0.2) is 5.13 Å². The van der Waals surface area contributed by atoms with E-state index in [0.717, 1.165) is 11.1 Å². The summed E-state index contributed by atoms with van der Waals surface area (Å²) in [6.45, 7) is 0.582. The second-order valence-corrected chi connectivity index (χ2v) is 6.50. The Bertz CT molecular complexity index is 997. The van der Waals surface area contributed by atoms with Gasteiger partial charge in [0.2, 0.25) is 0 Å². The fourth-order valence-electron chi connectivity index (χ4n) is 2.60. The van der Waals surface area contributed by atoms with Gasteiger partial charge in [-0.05, 0) is 17.7 Å². The second kappa shape index (κ2) is 7.28. The Morgan fingerprint density at radius 3 is 2.73 bits per heavy atom. The molecular formula is C19H15N5OS. The van der Waals surface area contributed by atoms with Gasteiger partial charge in [0.25, 0.3) is 5.91 Å². The van der Waals surface area contributed by atoms with Crippen LogP contribution in [-0.2, 0) is 6.54 Å². The summed E-state index contributed by atoms with van der Waals surface area (Å²) in [7, 11) is 0. The number of amides is 1. The number of nitrogens with zero attached hydrogens (tertiary/aromatic N) is 4. The Kier molecular flexibility index (Phi) is 4.53. The van der Waals surface area contributed by atoms with Gasteiger partial charge in [0.1, 0.15) is 5.69 Å². The lowest BCUT2D eigenvalue weighted by molar-refractivity contribution is 0.102. The number of hydrogen-bond acceptors (Lipinski definition) is 5. The molecule has 4 rings (SSSR count). The number of anilines is 1. The van der Waals surface area contributed by atoms with Gasteiger partial charge in [-0.1, -0.05) is 30.3 Å². The molecule has 0 saturated heterocycles. The first-order valence-electron chi connectivity index (χ1n) is 8.02. The largest absolute Gasteiger partial charge is 0.298 e. The van der Waals surface area contributed by atoms with Crippen molar-refractivity contribution in [1.82, 2.24) is 19.7 Å². The van der Waals surface area contributed by atoms with Gasteiger partial charge < -0.3 is 0 Å². The van der Waals surface area contributed by atoms with Gasteiger partial charge in [-0.3, -0.25) is 19.8 Å². The summed E-state index contributed by atoms with van der Waals surface area (Å²) in [6.07, 6.45) is 6.81. The molecule has 1 N–H and O–H groups in total. The van der Waals surface area contributed by atoms with Crippen molar-refractivity contribution in [1.29, 1.82) is 0 Å². The monoisotopic (exact) mass is 361 g/mol. The zero-order valence-electron chi connectivity index (χ0n) is 13.7. The molecule has 0 fully saturated rings. The van der Waals surface area contributed by atoms with Crippen molar-refractivity contribution in [3.63, 3.8) is 0 Å². The van der Waals surface area contributed by atoms with E-state index in [1.54, 1.807) is 29.5 Å². The van der Waals surface area contributed by atoms with Crippen LogP contribution in [0.5, 0.6) is 0 Å². The predicted octanol–water partition coefficient (Wildman–Crippen LogP) is 3.70. The highest BCUT2D eigenvalue weighted by atomic mass is 32.1. The Hall–Kier alpha value is -3.32. The standard InChI is InChI=1S/C19H15N5OS/c25-18(22-19-21-9-10-26-19)16-13-24(12-14-5-2-1-3-6-14)23-17(16)15-7-4-8-20-11-15/h1-11,13H,12H2,(H,21,22,25). The number of carbonyl (C=O) groups excluding carboxylic acids is 1. The van der Waals surface area contributed by atoms with Crippen LogP contribution in [0, 0.1) is 0 Å². The quantitative estimate of drug-likeness (QED) is 0.588. The van der Waals surface area contributed by atoms with E-state index in [1.807, 2.05) is 47.8 Å². The maximum Gasteiger partial charge on any atom is 0.261 e. The number of hydrogen-bond donors (Lipinski definition) is 1. The smallest absolute Gasteiger partial charge is 0.261 e. The molecule has 0 atom stereocenters. The fourth-order valence-corrected chi connectivity index (χ4v) is 3.13. The first-order valence-corrected chi connectivity index (χ1v) is 8.90. The lowest BCUT2D eigenvalue weighted by Gasteiger charge is -2.02. The second-order valence-electron chi connectivity index (χ2n) is 5.61. The van der Waals surface area contributed by atoms with Crippen LogP contribution in [0.1, 0.15) is 15.9 Å². The Balaban J connectivity index is 1.69. The van der Waals surface area contributed by atoms with E-state index in [1.165, 1.54) is 11.3 Å². The molecule has 0 bridgehead atoms. The first-order chi connectivity index (χ1) is 12.8. The minimum atomic E-state index is -0.238. The lowest BCUT2D eigenvalue weighted by atomic mass is 10.1. The van der Waals surface area contributed by atoms with Crippen molar-refractivity contribution in [2.24, 2.45) is 0 Å². The Labute approximate surface area is 154 Å². The summed E-state index contributed by atoms with van der Waals surface area (Å²) in [6, 6.07) is 13.7. The summed E-state index contributed by atoms with van der Waals surface area (Å²) in [5.74, 6) is -0.238. The van der Waals surface area contributed by atoms with Crippen LogP contribution >= 0.6 is 11.3 Å².